The van der Waals surface area contributed by atoms with E-state index in [0.717, 1.165) is 11.1 Å². The van der Waals surface area contributed by atoms with Crippen LogP contribution in [0.3, 0.4) is 0 Å². The molecule has 0 amide bonds. The Morgan fingerprint density at radius 1 is 1.37 bits per heavy atom. The lowest BCUT2D eigenvalue weighted by molar-refractivity contribution is -0.238. The number of ether oxygens (including phenoxy) is 2. The molecule has 0 radical (unpaired) electrons. The Hall–Kier alpha value is -1.24. The van der Waals surface area contributed by atoms with E-state index in [4.69, 9.17) is 9.47 Å². The zero-order chi connectivity index (χ0) is 19.7. The molecule has 3 fully saturated rings. The molecule has 2 N–H and O–H groups in total. The molecule has 27 heavy (non-hydrogen) atoms. The summed E-state index contributed by atoms with van der Waals surface area (Å²) in [7, 11) is 0. The van der Waals surface area contributed by atoms with Crippen molar-refractivity contribution in [3.63, 3.8) is 0 Å². The summed E-state index contributed by atoms with van der Waals surface area (Å²) in [6, 6.07) is 0. The van der Waals surface area contributed by atoms with Crippen LogP contribution in [0.15, 0.2) is 11.1 Å². The summed E-state index contributed by atoms with van der Waals surface area (Å²) in [6.45, 7) is 7.52. The molecule has 0 aromatic rings. The van der Waals surface area contributed by atoms with Gasteiger partial charge in [-0.3, -0.25) is 9.59 Å². The SMILES string of the molecule is CC(=O)O[C@H]1C(=O)[C@@]2(C)C(C[C@]3(O)CCC(C)=C1[C@H]3C)[C@@H]1CO[C@@H]1C[C@@H]2O. The zero-order valence-corrected chi connectivity index (χ0v) is 16.5. The van der Waals surface area contributed by atoms with Crippen LogP contribution < -0.4 is 0 Å². The molecule has 6 heteroatoms. The first-order chi connectivity index (χ1) is 12.6. The fraction of sp³-hybridized carbons (Fsp3) is 0.810. The van der Waals surface area contributed by atoms with Gasteiger partial charge in [0, 0.05) is 25.2 Å². The predicted octanol–water partition coefficient (Wildman–Crippen LogP) is 1.77. The van der Waals surface area contributed by atoms with Crippen molar-refractivity contribution in [1.82, 2.24) is 0 Å². The fourth-order valence-electron chi connectivity index (χ4n) is 6.07. The van der Waals surface area contributed by atoms with E-state index in [1.165, 1.54) is 6.92 Å². The van der Waals surface area contributed by atoms with Crippen molar-refractivity contribution in [3.05, 3.63) is 11.1 Å². The van der Waals surface area contributed by atoms with Crippen LogP contribution in [0.25, 0.3) is 0 Å². The smallest absolute Gasteiger partial charge is 0.303 e. The molecule has 4 rings (SSSR count). The lowest BCUT2D eigenvalue weighted by Crippen LogP contribution is -2.67. The maximum atomic E-state index is 13.8. The Morgan fingerprint density at radius 3 is 2.67 bits per heavy atom. The van der Waals surface area contributed by atoms with E-state index in [0.29, 0.717) is 32.3 Å². The standard InChI is InChI=1S/C21H30O6/c1-10-5-6-21(25)8-14-13-9-26-15(13)7-16(23)20(14,4)19(24)18(27-12(3)22)17(10)11(21)2/h11,13-16,18,23,25H,5-9H2,1-4H3/t11-,13+,14?,15-,16+,18-,20+,21-/m1/s1. The molecule has 1 heterocycles. The Morgan fingerprint density at radius 2 is 2.07 bits per heavy atom. The summed E-state index contributed by atoms with van der Waals surface area (Å²) in [5.74, 6) is -1.08. The van der Waals surface area contributed by atoms with Crippen molar-refractivity contribution in [1.29, 1.82) is 0 Å². The number of hydrogen-bond acceptors (Lipinski definition) is 6. The van der Waals surface area contributed by atoms with Gasteiger partial charge in [0.1, 0.15) is 0 Å². The van der Waals surface area contributed by atoms with Gasteiger partial charge < -0.3 is 19.7 Å². The Kier molecular flexibility index (Phi) is 4.33. The van der Waals surface area contributed by atoms with Gasteiger partial charge in [-0.25, -0.2) is 0 Å². The minimum atomic E-state index is -1.07. The number of aliphatic hydroxyl groups excluding tert-OH is 1. The van der Waals surface area contributed by atoms with Crippen molar-refractivity contribution >= 4 is 11.8 Å². The van der Waals surface area contributed by atoms with Gasteiger partial charge in [0.05, 0.1) is 29.8 Å². The van der Waals surface area contributed by atoms with E-state index >= 15 is 0 Å². The van der Waals surface area contributed by atoms with Gasteiger partial charge in [0.15, 0.2) is 11.9 Å². The van der Waals surface area contributed by atoms with Gasteiger partial charge in [-0.2, -0.15) is 0 Å². The maximum absolute atomic E-state index is 13.8. The molecule has 0 aromatic carbocycles. The summed E-state index contributed by atoms with van der Waals surface area (Å²) >= 11 is 0. The van der Waals surface area contributed by atoms with Gasteiger partial charge in [-0.05, 0) is 44.6 Å². The number of allylic oxidation sites excluding steroid dienone is 1. The van der Waals surface area contributed by atoms with Crippen LogP contribution in [0.2, 0.25) is 0 Å². The molecule has 2 saturated carbocycles. The van der Waals surface area contributed by atoms with E-state index in [1.54, 1.807) is 6.92 Å². The second-order valence-electron chi connectivity index (χ2n) is 9.30. The minimum absolute atomic E-state index is 0.0586. The number of fused-ring (bicyclic) bond motifs is 5. The number of rotatable bonds is 1. The Labute approximate surface area is 159 Å². The van der Waals surface area contributed by atoms with E-state index in [1.807, 2.05) is 13.8 Å². The van der Waals surface area contributed by atoms with E-state index < -0.39 is 29.2 Å². The van der Waals surface area contributed by atoms with Crippen molar-refractivity contribution in [2.45, 2.75) is 77.3 Å². The van der Waals surface area contributed by atoms with E-state index in [9.17, 15) is 19.8 Å². The van der Waals surface area contributed by atoms with Crippen LogP contribution in [-0.4, -0.2) is 52.5 Å². The van der Waals surface area contributed by atoms with Gasteiger partial charge >= 0.3 is 5.97 Å². The third-order valence-electron chi connectivity index (χ3n) is 8.02. The summed E-state index contributed by atoms with van der Waals surface area (Å²) in [4.78, 5) is 25.6. The Bertz CT molecular complexity index is 713. The highest BCUT2D eigenvalue weighted by molar-refractivity contribution is 5.94. The highest BCUT2D eigenvalue weighted by Gasteiger charge is 2.64. The third kappa shape index (κ3) is 2.56. The number of aliphatic hydroxyl groups is 2. The van der Waals surface area contributed by atoms with Crippen molar-refractivity contribution in [2.75, 3.05) is 6.61 Å². The first-order valence-corrected chi connectivity index (χ1v) is 10.0. The van der Waals surface area contributed by atoms with Crippen LogP contribution >= 0.6 is 0 Å². The molecule has 2 bridgehead atoms. The van der Waals surface area contributed by atoms with Crippen molar-refractivity contribution in [2.24, 2.45) is 23.2 Å². The molecule has 1 unspecified atom stereocenters. The molecule has 0 aromatic heterocycles. The molecule has 8 atom stereocenters. The molecular weight excluding hydrogens is 348 g/mol. The largest absolute Gasteiger partial charge is 0.450 e. The Balaban J connectivity index is 1.88. The number of hydrogen-bond donors (Lipinski definition) is 2. The van der Waals surface area contributed by atoms with Crippen molar-refractivity contribution < 1.29 is 29.3 Å². The molecular formula is C21H30O6. The lowest BCUT2D eigenvalue weighted by atomic mass is 9.50. The van der Waals surface area contributed by atoms with Gasteiger partial charge in [-0.15, -0.1) is 0 Å². The van der Waals surface area contributed by atoms with Crippen LogP contribution in [0, 0.1) is 23.2 Å². The molecule has 3 aliphatic carbocycles. The highest BCUT2D eigenvalue weighted by Crippen LogP contribution is 2.58. The fourth-order valence-corrected chi connectivity index (χ4v) is 6.07. The molecule has 0 spiro atoms. The molecule has 6 nitrogen and oxygen atoms in total. The van der Waals surface area contributed by atoms with Gasteiger partial charge in [0.25, 0.3) is 0 Å². The second kappa shape index (κ2) is 6.13. The third-order valence-corrected chi connectivity index (χ3v) is 8.02. The minimum Gasteiger partial charge on any atom is -0.450 e. The van der Waals surface area contributed by atoms with Crippen LogP contribution in [0.1, 0.15) is 53.4 Å². The van der Waals surface area contributed by atoms with Crippen LogP contribution in [-0.2, 0) is 19.1 Å². The number of Topliss-reactive ketones (excluding diaryl/α,β-unsaturated/α-hetero) is 1. The quantitative estimate of drug-likeness (QED) is 0.534. The number of carbonyl (C=O) groups excluding carboxylic acids is 2. The summed E-state index contributed by atoms with van der Waals surface area (Å²) in [5.41, 5.74) is -0.314. The summed E-state index contributed by atoms with van der Waals surface area (Å²) < 4.78 is 11.2. The van der Waals surface area contributed by atoms with Crippen LogP contribution in [0.5, 0.6) is 0 Å². The summed E-state index contributed by atoms with van der Waals surface area (Å²) in [6.07, 6.45) is 0.182. The van der Waals surface area contributed by atoms with Crippen LogP contribution in [0.4, 0.5) is 0 Å². The highest BCUT2D eigenvalue weighted by atomic mass is 16.5. The number of carbonyl (C=O) groups is 2. The zero-order valence-electron chi connectivity index (χ0n) is 16.5. The number of esters is 1. The topological polar surface area (TPSA) is 93.1 Å². The van der Waals surface area contributed by atoms with Gasteiger partial charge in [-0.1, -0.05) is 12.5 Å². The molecule has 4 aliphatic rings. The first-order valence-electron chi connectivity index (χ1n) is 10.0. The molecule has 1 saturated heterocycles. The maximum Gasteiger partial charge on any atom is 0.303 e. The molecule has 1 aliphatic heterocycles. The van der Waals surface area contributed by atoms with E-state index in [-0.39, 0.29) is 29.6 Å². The van der Waals surface area contributed by atoms with E-state index in [2.05, 4.69) is 0 Å². The average Bonchev–Trinajstić information content (AvgIpc) is 2.57. The normalized spacial score (nSPS) is 49.3. The average molecular weight is 378 g/mol. The monoisotopic (exact) mass is 378 g/mol. The first kappa shape index (κ1) is 19.1. The molecule has 150 valence electrons. The lowest BCUT2D eigenvalue weighted by Gasteiger charge is -2.60. The number of ketones is 1. The second-order valence-corrected chi connectivity index (χ2v) is 9.30. The van der Waals surface area contributed by atoms with Crippen molar-refractivity contribution in [3.8, 4) is 0 Å². The summed E-state index contributed by atoms with van der Waals surface area (Å²) in [5, 5.41) is 22.6. The predicted molar refractivity (Wildman–Crippen MR) is 96.7 cm³/mol. The van der Waals surface area contributed by atoms with Gasteiger partial charge in [0.2, 0.25) is 0 Å².